The second-order valence-electron chi connectivity index (χ2n) is 4.64. The second-order valence-corrected chi connectivity index (χ2v) is 4.64. The fourth-order valence-electron chi connectivity index (χ4n) is 1.72. The first-order valence-corrected chi connectivity index (χ1v) is 5.95. The predicted molar refractivity (Wildman–Crippen MR) is 63.1 cm³/mol. The van der Waals surface area contributed by atoms with Gasteiger partial charge in [-0.15, -0.1) is 0 Å². The van der Waals surface area contributed by atoms with Crippen LogP contribution in [-0.2, 0) is 0 Å². The largest absolute Gasteiger partial charge is 0.396 e. The lowest BCUT2D eigenvalue weighted by molar-refractivity contribution is 0.153. The van der Waals surface area contributed by atoms with Crippen LogP contribution in [0.4, 0.5) is 0 Å². The van der Waals surface area contributed by atoms with Crippen molar-refractivity contribution in [2.75, 3.05) is 59.5 Å². The van der Waals surface area contributed by atoms with Gasteiger partial charge in [0.15, 0.2) is 0 Å². The summed E-state index contributed by atoms with van der Waals surface area (Å²) in [6, 6.07) is 0. The molecule has 1 aliphatic rings. The Hall–Kier alpha value is -0.160. The third-order valence-corrected chi connectivity index (χ3v) is 3.01. The molecule has 1 aliphatic heterocycles. The van der Waals surface area contributed by atoms with Crippen LogP contribution in [0.25, 0.3) is 0 Å². The molecule has 0 aromatic heterocycles. The monoisotopic (exact) mass is 215 g/mol. The number of aliphatic hydroxyl groups excluding tert-OH is 1. The van der Waals surface area contributed by atoms with E-state index < -0.39 is 0 Å². The zero-order valence-electron chi connectivity index (χ0n) is 10.1. The molecule has 2 N–H and O–H groups in total. The molecule has 1 rings (SSSR count). The Morgan fingerprint density at radius 1 is 1.27 bits per heavy atom. The van der Waals surface area contributed by atoms with E-state index in [4.69, 9.17) is 5.11 Å². The Labute approximate surface area is 93.2 Å². The minimum absolute atomic E-state index is 0.279. The lowest BCUT2D eigenvalue weighted by Crippen LogP contribution is -2.46. The number of hydrogen-bond donors (Lipinski definition) is 2. The van der Waals surface area contributed by atoms with Crippen LogP contribution in [-0.4, -0.2) is 74.4 Å². The summed E-state index contributed by atoms with van der Waals surface area (Å²) in [5, 5.41) is 12.2. The molecule has 0 spiro atoms. The number of aliphatic hydroxyl groups is 1. The van der Waals surface area contributed by atoms with Crippen molar-refractivity contribution >= 4 is 0 Å². The first-order valence-electron chi connectivity index (χ1n) is 5.95. The number of likely N-dealkylation sites (N-methyl/N-ethyl adjacent to an activating group) is 1. The van der Waals surface area contributed by atoms with Gasteiger partial charge < -0.3 is 15.3 Å². The topological polar surface area (TPSA) is 38.7 Å². The minimum atomic E-state index is 0.279. The fraction of sp³-hybridized carbons (Fsp3) is 1.00. The van der Waals surface area contributed by atoms with Crippen LogP contribution in [0.5, 0.6) is 0 Å². The average Bonchev–Trinajstić information content (AvgIpc) is 2.26. The quantitative estimate of drug-likeness (QED) is 0.583. The van der Waals surface area contributed by atoms with Crippen LogP contribution in [0.2, 0.25) is 0 Å². The van der Waals surface area contributed by atoms with E-state index in [1.807, 2.05) is 0 Å². The summed E-state index contributed by atoms with van der Waals surface area (Å²) in [7, 11) is 2.18. The highest BCUT2D eigenvalue weighted by molar-refractivity contribution is 4.69. The molecule has 0 aliphatic carbocycles. The van der Waals surface area contributed by atoms with E-state index >= 15 is 0 Å². The van der Waals surface area contributed by atoms with Crippen LogP contribution >= 0.6 is 0 Å². The van der Waals surface area contributed by atoms with E-state index in [0.717, 1.165) is 19.6 Å². The minimum Gasteiger partial charge on any atom is -0.396 e. The molecule has 0 saturated carbocycles. The van der Waals surface area contributed by atoms with Crippen molar-refractivity contribution < 1.29 is 5.11 Å². The van der Waals surface area contributed by atoms with Crippen LogP contribution in [0.1, 0.15) is 6.92 Å². The van der Waals surface area contributed by atoms with Crippen molar-refractivity contribution in [2.45, 2.75) is 6.92 Å². The lowest BCUT2D eigenvalue weighted by atomic mass is 10.2. The molecule has 0 radical (unpaired) electrons. The molecule has 1 heterocycles. The Kier molecular flexibility index (Phi) is 6.17. The lowest BCUT2D eigenvalue weighted by Gasteiger charge is -2.32. The molecule has 1 unspecified atom stereocenters. The summed E-state index contributed by atoms with van der Waals surface area (Å²) in [5.41, 5.74) is 0. The SMILES string of the molecule is CC(CO)CNCCN1CCN(C)CC1. The molecule has 90 valence electrons. The van der Waals surface area contributed by atoms with Gasteiger partial charge in [0.1, 0.15) is 0 Å². The molecule has 4 heteroatoms. The highest BCUT2D eigenvalue weighted by Gasteiger charge is 2.12. The van der Waals surface area contributed by atoms with Gasteiger partial charge in [-0.05, 0) is 19.5 Å². The van der Waals surface area contributed by atoms with Crippen molar-refractivity contribution in [3.05, 3.63) is 0 Å². The number of piperazine rings is 1. The van der Waals surface area contributed by atoms with E-state index in [0.29, 0.717) is 5.92 Å². The number of nitrogens with zero attached hydrogens (tertiary/aromatic N) is 2. The van der Waals surface area contributed by atoms with Gasteiger partial charge in [0, 0.05) is 45.9 Å². The maximum Gasteiger partial charge on any atom is 0.0468 e. The molecular weight excluding hydrogens is 190 g/mol. The van der Waals surface area contributed by atoms with E-state index in [-0.39, 0.29) is 6.61 Å². The molecule has 1 saturated heterocycles. The van der Waals surface area contributed by atoms with E-state index in [1.165, 1.54) is 26.2 Å². The van der Waals surface area contributed by atoms with Gasteiger partial charge in [-0.25, -0.2) is 0 Å². The smallest absolute Gasteiger partial charge is 0.0468 e. The molecule has 0 amide bonds. The Morgan fingerprint density at radius 3 is 2.53 bits per heavy atom. The molecule has 0 aromatic rings. The standard InChI is InChI=1S/C11H25N3O/c1-11(10-15)9-12-3-4-14-7-5-13(2)6-8-14/h11-12,15H,3-10H2,1-2H3. The normalized spacial score (nSPS) is 21.8. The van der Waals surface area contributed by atoms with Crippen LogP contribution in [0, 0.1) is 5.92 Å². The second kappa shape index (κ2) is 7.17. The van der Waals surface area contributed by atoms with Crippen molar-refractivity contribution in [1.82, 2.24) is 15.1 Å². The van der Waals surface area contributed by atoms with E-state index in [2.05, 4.69) is 29.1 Å². The predicted octanol–water partition coefficient (Wildman–Crippen LogP) is -0.548. The summed E-state index contributed by atoms with van der Waals surface area (Å²) in [4.78, 5) is 4.87. The fourth-order valence-corrected chi connectivity index (χ4v) is 1.72. The van der Waals surface area contributed by atoms with Gasteiger partial charge in [0.25, 0.3) is 0 Å². The Balaban J connectivity index is 1.96. The zero-order chi connectivity index (χ0) is 11.1. The molecule has 15 heavy (non-hydrogen) atoms. The summed E-state index contributed by atoms with van der Waals surface area (Å²) in [6.45, 7) is 10.2. The number of hydrogen-bond acceptors (Lipinski definition) is 4. The molecule has 0 aromatic carbocycles. The highest BCUT2D eigenvalue weighted by Crippen LogP contribution is 1.97. The van der Waals surface area contributed by atoms with Crippen molar-refractivity contribution in [2.24, 2.45) is 5.92 Å². The van der Waals surface area contributed by atoms with Crippen molar-refractivity contribution in [1.29, 1.82) is 0 Å². The molecular formula is C11H25N3O. The van der Waals surface area contributed by atoms with Gasteiger partial charge in [-0.1, -0.05) is 6.92 Å². The van der Waals surface area contributed by atoms with Crippen LogP contribution in [0.15, 0.2) is 0 Å². The molecule has 0 bridgehead atoms. The van der Waals surface area contributed by atoms with Gasteiger partial charge >= 0.3 is 0 Å². The van der Waals surface area contributed by atoms with Gasteiger partial charge in [-0.3, -0.25) is 4.90 Å². The van der Waals surface area contributed by atoms with Gasteiger partial charge in [-0.2, -0.15) is 0 Å². The maximum atomic E-state index is 8.86. The van der Waals surface area contributed by atoms with E-state index in [9.17, 15) is 0 Å². The summed E-state index contributed by atoms with van der Waals surface area (Å²) >= 11 is 0. The van der Waals surface area contributed by atoms with Crippen molar-refractivity contribution in [3.63, 3.8) is 0 Å². The van der Waals surface area contributed by atoms with Crippen LogP contribution in [0.3, 0.4) is 0 Å². The summed E-state index contributed by atoms with van der Waals surface area (Å²) in [6.07, 6.45) is 0. The summed E-state index contributed by atoms with van der Waals surface area (Å²) in [5.74, 6) is 0.373. The number of rotatable bonds is 6. The first kappa shape index (κ1) is 12.9. The third kappa shape index (κ3) is 5.47. The van der Waals surface area contributed by atoms with Crippen molar-refractivity contribution in [3.8, 4) is 0 Å². The third-order valence-electron chi connectivity index (χ3n) is 3.01. The van der Waals surface area contributed by atoms with E-state index in [1.54, 1.807) is 0 Å². The molecule has 1 atom stereocenters. The average molecular weight is 215 g/mol. The van der Waals surface area contributed by atoms with Crippen LogP contribution < -0.4 is 5.32 Å². The first-order chi connectivity index (χ1) is 7.22. The van der Waals surface area contributed by atoms with Gasteiger partial charge in [0.05, 0.1) is 0 Å². The summed E-state index contributed by atoms with van der Waals surface area (Å²) < 4.78 is 0. The maximum absolute atomic E-state index is 8.86. The Bertz CT molecular complexity index is 158. The number of nitrogens with one attached hydrogen (secondary N) is 1. The molecule has 4 nitrogen and oxygen atoms in total. The van der Waals surface area contributed by atoms with Gasteiger partial charge in [0.2, 0.25) is 0 Å². The highest BCUT2D eigenvalue weighted by atomic mass is 16.3. The Morgan fingerprint density at radius 2 is 1.93 bits per heavy atom. The zero-order valence-corrected chi connectivity index (χ0v) is 10.1. The molecule has 1 fully saturated rings.